The summed E-state index contributed by atoms with van der Waals surface area (Å²) in [5.41, 5.74) is 0.571. The number of carbonyl (C=O) groups excluding carboxylic acids is 2. The van der Waals surface area contributed by atoms with Gasteiger partial charge in [0.2, 0.25) is 5.78 Å². The Labute approximate surface area is 196 Å². The molecule has 1 aromatic heterocycles. The Morgan fingerprint density at radius 2 is 1.71 bits per heavy atom. The molecule has 1 N–H and O–H groups in total. The van der Waals surface area contributed by atoms with Gasteiger partial charge in [-0.3, -0.25) is 14.6 Å². The molecule has 3 rings (SSSR count). The lowest BCUT2D eigenvalue weighted by molar-refractivity contribution is -0.142. The van der Waals surface area contributed by atoms with Gasteiger partial charge >= 0.3 is 11.9 Å². The Morgan fingerprint density at radius 1 is 1.03 bits per heavy atom. The van der Waals surface area contributed by atoms with E-state index < -0.39 is 23.6 Å². The van der Waals surface area contributed by atoms with E-state index in [0.717, 1.165) is 0 Å². The molecule has 3 aromatic rings. The van der Waals surface area contributed by atoms with Gasteiger partial charge in [0, 0.05) is 22.5 Å². The highest BCUT2D eigenvalue weighted by atomic mass is 16.5. The van der Waals surface area contributed by atoms with Crippen molar-refractivity contribution in [1.29, 1.82) is 0 Å². The highest BCUT2D eigenvalue weighted by Crippen LogP contribution is 2.35. The van der Waals surface area contributed by atoms with Crippen LogP contribution in [0.5, 0.6) is 17.2 Å². The second-order valence-corrected chi connectivity index (χ2v) is 7.40. The van der Waals surface area contributed by atoms with Crippen LogP contribution >= 0.6 is 0 Å². The van der Waals surface area contributed by atoms with Crippen LogP contribution in [0.3, 0.4) is 0 Å². The number of aliphatic carboxylic acids is 1. The average Bonchev–Trinajstić information content (AvgIpc) is 2.85. The van der Waals surface area contributed by atoms with E-state index in [9.17, 15) is 14.4 Å². The largest absolute Gasteiger partial charge is 0.493 e. The van der Waals surface area contributed by atoms with Gasteiger partial charge in [-0.1, -0.05) is 12.1 Å². The number of rotatable bonds is 10. The Kier molecular flexibility index (Phi) is 7.68. The minimum atomic E-state index is -0.978. The van der Waals surface area contributed by atoms with Crippen molar-refractivity contribution in [3.8, 4) is 17.2 Å². The summed E-state index contributed by atoms with van der Waals surface area (Å²) < 4.78 is 21.4. The van der Waals surface area contributed by atoms with Crippen molar-refractivity contribution in [3.05, 3.63) is 59.4 Å². The first kappa shape index (κ1) is 24.5. The van der Waals surface area contributed by atoms with Crippen LogP contribution in [0.4, 0.5) is 0 Å². The lowest BCUT2D eigenvalue weighted by Gasteiger charge is -2.14. The molecule has 0 aliphatic carbocycles. The molecular formula is C25H25NO8. The van der Waals surface area contributed by atoms with Crippen molar-refractivity contribution >= 4 is 28.5 Å². The summed E-state index contributed by atoms with van der Waals surface area (Å²) in [6, 6.07) is 9.58. The van der Waals surface area contributed by atoms with Crippen LogP contribution in [0.25, 0.3) is 10.8 Å². The fraction of sp³-hybridized carbons (Fsp3) is 0.280. The van der Waals surface area contributed by atoms with E-state index in [1.165, 1.54) is 33.4 Å². The number of carboxylic acid groups (broad SMARTS) is 1. The van der Waals surface area contributed by atoms with Gasteiger partial charge in [0.05, 0.1) is 32.3 Å². The zero-order valence-electron chi connectivity index (χ0n) is 19.3. The fourth-order valence-corrected chi connectivity index (χ4v) is 3.27. The molecule has 0 amide bonds. The minimum Gasteiger partial charge on any atom is -0.493 e. The molecule has 178 valence electrons. The summed E-state index contributed by atoms with van der Waals surface area (Å²) in [5.74, 6) is -1.57. The molecule has 1 atom stereocenters. The van der Waals surface area contributed by atoms with E-state index in [4.69, 9.17) is 24.1 Å². The van der Waals surface area contributed by atoms with Crippen molar-refractivity contribution < 1.29 is 38.4 Å². The SMILES string of the molecule is CCOC(=O)c1cnc(C(=O)c2cccc(OCC(C)C(=O)O)c2)c2cc(OC)c(OC)cc12. The second kappa shape index (κ2) is 10.7. The van der Waals surface area contributed by atoms with Gasteiger partial charge in [0.1, 0.15) is 18.1 Å². The van der Waals surface area contributed by atoms with Gasteiger partial charge in [-0.25, -0.2) is 4.79 Å². The number of ketones is 1. The number of hydrogen-bond donors (Lipinski definition) is 1. The molecule has 0 saturated heterocycles. The topological polar surface area (TPSA) is 121 Å². The Bertz CT molecular complexity index is 1240. The quantitative estimate of drug-likeness (QED) is 0.351. The number of nitrogens with zero attached hydrogens (tertiary/aromatic N) is 1. The summed E-state index contributed by atoms with van der Waals surface area (Å²) in [6.07, 6.45) is 1.30. The lowest BCUT2D eigenvalue weighted by atomic mass is 9.99. The number of methoxy groups -OCH3 is 2. The lowest BCUT2D eigenvalue weighted by Crippen LogP contribution is -2.18. The van der Waals surface area contributed by atoms with Crippen molar-refractivity contribution in [2.45, 2.75) is 13.8 Å². The van der Waals surface area contributed by atoms with Crippen molar-refractivity contribution in [1.82, 2.24) is 4.98 Å². The Balaban J connectivity index is 2.08. The van der Waals surface area contributed by atoms with Crippen molar-refractivity contribution in [2.75, 3.05) is 27.4 Å². The average molecular weight is 467 g/mol. The summed E-state index contributed by atoms with van der Waals surface area (Å²) in [4.78, 5) is 41.2. The molecule has 2 aromatic carbocycles. The number of aromatic nitrogens is 1. The first-order valence-corrected chi connectivity index (χ1v) is 10.5. The van der Waals surface area contributed by atoms with Crippen LogP contribution in [-0.2, 0) is 9.53 Å². The predicted octanol–water partition coefficient (Wildman–Crippen LogP) is 3.76. The van der Waals surface area contributed by atoms with E-state index in [1.807, 2.05) is 0 Å². The highest BCUT2D eigenvalue weighted by Gasteiger charge is 2.22. The normalized spacial score (nSPS) is 11.5. The predicted molar refractivity (Wildman–Crippen MR) is 123 cm³/mol. The molecule has 0 bridgehead atoms. The van der Waals surface area contributed by atoms with Gasteiger partial charge < -0.3 is 24.1 Å². The number of benzene rings is 2. The molecular weight excluding hydrogens is 442 g/mol. The minimum absolute atomic E-state index is 0.0423. The fourth-order valence-electron chi connectivity index (χ4n) is 3.27. The molecule has 34 heavy (non-hydrogen) atoms. The van der Waals surface area contributed by atoms with Gasteiger partial charge in [-0.15, -0.1) is 0 Å². The van der Waals surface area contributed by atoms with E-state index >= 15 is 0 Å². The smallest absolute Gasteiger partial charge is 0.340 e. The zero-order chi connectivity index (χ0) is 24.8. The molecule has 0 saturated carbocycles. The third-order valence-electron chi connectivity index (χ3n) is 5.12. The molecule has 1 heterocycles. The molecule has 1 unspecified atom stereocenters. The number of hydrogen-bond acceptors (Lipinski definition) is 8. The van der Waals surface area contributed by atoms with Crippen molar-refractivity contribution in [2.24, 2.45) is 5.92 Å². The third kappa shape index (κ3) is 5.09. The van der Waals surface area contributed by atoms with Crippen LogP contribution in [0.2, 0.25) is 0 Å². The highest BCUT2D eigenvalue weighted by molar-refractivity contribution is 6.18. The molecule has 9 nitrogen and oxygen atoms in total. The van der Waals surface area contributed by atoms with Crippen LogP contribution in [0.1, 0.15) is 40.3 Å². The van der Waals surface area contributed by atoms with Gasteiger partial charge in [-0.05, 0) is 38.1 Å². The monoisotopic (exact) mass is 467 g/mol. The second-order valence-electron chi connectivity index (χ2n) is 7.40. The maximum Gasteiger partial charge on any atom is 0.340 e. The Morgan fingerprint density at radius 3 is 2.32 bits per heavy atom. The molecule has 9 heteroatoms. The molecule has 0 fully saturated rings. The molecule has 0 aliphatic rings. The van der Waals surface area contributed by atoms with Gasteiger partial charge in [-0.2, -0.15) is 0 Å². The van der Waals surface area contributed by atoms with E-state index in [1.54, 1.807) is 37.3 Å². The van der Waals surface area contributed by atoms with E-state index in [2.05, 4.69) is 4.98 Å². The third-order valence-corrected chi connectivity index (χ3v) is 5.12. The number of ether oxygens (including phenoxy) is 4. The number of pyridine rings is 1. The van der Waals surface area contributed by atoms with E-state index in [0.29, 0.717) is 28.0 Å². The van der Waals surface area contributed by atoms with Gasteiger partial charge in [0.15, 0.2) is 11.5 Å². The standard InChI is InChI=1S/C25H25NO8/c1-5-33-25(30)19-12-26-22(18-11-21(32-4)20(31-3)10-17(18)19)23(27)15-7-6-8-16(9-15)34-13-14(2)24(28)29/h6-12,14H,5,13H2,1-4H3,(H,28,29). The van der Waals surface area contributed by atoms with E-state index in [-0.39, 0.29) is 30.0 Å². The van der Waals surface area contributed by atoms with Crippen LogP contribution < -0.4 is 14.2 Å². The first-order valence-electron chi connectivity index (χ1n) is 10.5. The summed E-state index contributed by atoms with van der Waals surface area (Å²) in [7, 11) is 2.93. The van der Waals surface area contributed by atoms with Gasteiger partial charge in [0.25, 0.3) is 0 Å². The summed E-state index contributed by atoms with van der Waals surface area (Å²) >= 11 is 0. The maximum absolute atomic E-state index is 13.4. The molecule has 0 spiro atoms. The molecule has 0 radical (unpaired) electrons. The number of carboxylic acids is 1. The molecule has 0 aliphatic heterocycles. The van der Waals surface area contributed by atoms with Crippen LogP contribution in [0, 0.1) is 5.92 Å². The number of esters is 1. The van der Waals surface area contributed by atoms with Crippen molar-refractivity contribution in [3.63, 3.8) is 0 Å². The first-order chi connectivity index (χ1) is 16.3. The Hall–Kier alpha value is -4.14. The van der Waals surface area contributed by atoms with Crippen LogP contribution in [-0.4, -0.2) is 55.2 Å². The van der Waals surface area contributed by atoms with Crippen LogP contribution in [0.15, 0.2) is 42.6 Å². The summed E-state index contributed by atoms with van der Waals surface area (Å²) in [6.45, 7) is 3.36. The zero-order valence-corrected chi connectivity index (χ0v) is 19.3. The summed E-state index contributed by atoms with van der Waals surface area (Å²) in [5, 5.41) is 9.85. The maximum atomic E-state index is 13.4. The number of fused-ring (bicyclic) bond motifs is 1. The number of carbonyl (C=O) groups is 3.